The summed E-state index contributed by atoms with van der Waals surface area (Å²) in [4.78, 5) is 24.6. The fraction of sp³-hybridized carbons (Fsp3) is 0.500. The number of rotatable bonds is 5. The predicted molar refractivity (Wildman–Crippen MR) is 79.8 cm³/mol. The Morgan fingerprint density at radius 2 is 2.14 bits per heavy atom. The van der Waals surface area contributed by atoms with Gasteiger partial charge in [-0.3, -0.25) is 20.8 Å². The molecule has 1 aliphatic carbocycles. The Balaban J connectivity index is 2.21. The van der Waals surface area contributed by atoms with Gasteiger partial charge in [0, 0.05) is 25.3 Å². The number of nitro groups is 1. The van der Waals surface area contributed by atoms with E-state index in [9.17, 15) is 14.9 Å². The predicted octanol–water partition coefficient (Wildman–Crippen LogP) is 2.14. The van der Waals surface area contributed by atoms with Crippen molar-refractivity contribution < 1.29 is 9.72 Å². The number of nitro benzene ring substituents is 1. The maximum Gasteiger partial charge on any atom is 0.282 e. The summed E-state index contributed by atoms with van der Waals surface area (Å²) in [6, 6.07) is 4.20. The van der Waals surface area contributed by atoms with E-state index in [0.29, 0.717) is 18.2 Å². The molecule has 0 unspecified atom stereocenters. The van der Waals surface area contributed by atoms with E-state index in [2.05, 4.69) is 5.43 Å². The number of carbonyl (C=O) groups excluding carboxylic acids is 1. The standard InChI is InChI=1S/C14H20N4O3/c1-17(9-10-4-2-3-5-10)14(19)12-8-11(16-15)6-7-13(12)18(20)21/h6-8,10,16H,2-5,9,15H2,1H3. The second-order valence-corrected chi connectivity index (χ2v) is 5.47. The highest BCUT2D eigenvalue weighted by molar-refractivity contribution is 5.99. The third-order valence-electron chi connectivity index (χ3n) is 3.94. The van der Waals surface area contributed by atoms with Gasteiger partial charge in [0.05, 0.1) is 4.92 Å². The lowest BCUT2D eigenvalue weighted by Crippen LogP contribution is -2.31. The van der Waals surface area contributed by atoms with E-state index < -0.39 is 4.92 Å². The van der Waals surface area contributed by atoms with Crippen LogP contribution in [-0.2, 0) is 0 Å². The number of benzene rings is 1. The molecule has 3 N–H and O–H groups in total. The number of hydrogen-bond donors (Lipinski definition) is 2. The Labute approximate surface area is 123 Å². The Kier molecular flexibility index (Phi) is 4.74. The number of amides is 1. The van der Waals surface area contributed by atoms with Gasteiger partial charge in [-0.05, 0) is 30.9 Å². The molecule has 114 valence electrons. The van der Waals surface area contributed by atoms with Crippen LogP contribution in [0.4, 0.5) is 11.4 Å². The molecule has 0 atom stereocenters. The maximum atomic E-state index is 12.5. The zero-order valence-corrected chi connectivity index (χ0v) is 12.0. The van der Waals surface area contributed by atoms with E-state index in [1.54, 1.807) is 11.9 Å². The zero-order chi connectivity index (χ0) is 15.4. The van der Waals surface area contributed by atoms with Crippen LogP contribution in [0.5, 0.6) is 0 Å². The topological polar surface area (TPSA) is 102 Å². The van der Waals surface area contributed by atoms with Crippen molar-refractivity contribution in [1.29, 1.82) is 0 Å². The summed E-state index contributed by atoms with van der Waals surface area (Å²) in [5.41, 5.74) is 2.75. The summed E-state index contributed by atoms with van der Waals surface area (Å²) in [6.07, 6.45) is 4.62. The number of carbonyl (C=O) groups is 1. The van der Waals surface area contributed by atoms with Crippen molar-refractivity contribution in [3.05, 3.63) is 33.9 Å². The van der Waals surface area contributed by atoms with Gasteiger partial charge in [-0.2, -0.15) is 0 Å². The first-order chi connectivity index (χ1) is 10.0. The highest BCUT2D eigenvalue weighted by atomic mass is 16.6. The molecule has 2 rings (SSSR count). The Morgan fingerprint density at radius 3 is 2.71 bits per heavy atom. The number of nitrogens with zero attached hydrogens (tertiary/aromatic N) is 2. The van der Waals surface area contributed by atoms with Crippen LogP contribution in [0, 0.1) is 16.0 Å². The smallest absolute Gasteiger partial charge is 0.282 e. The molecule has 0 aromatic heterocycles. The lowest BCUT2D eigenvalue weighted by molar-refractivity contribution is -0.385. The Bertz CT molecular complexity index is 541. The highest BCUT2D eigenvalue weighted by Crippen LogP contribution is 2.27. The zero-order valence-electron chi connectivity index (χ0n) is 12.0. The monoisotopic (exact) mass is 292 g/mol. The van der Waals surface area contributed by atoms with Crippen LogP contribution >= 0.6 is 0 Å². The molecule has 1 aromatic carbocycles. The van der Waals surface area contributed by atoms with Gasteiger partial charge in [0.1, 0.15) is 5.56 Å². The van der Waals surface area contributed by atoms with Crippen LogP contribution in [0.2, 0.25) is 0 Å². The maximum absolute atomic E-state index is 12.5. The van der Waals surface area contributed by atoms with Crippen LogP contribution in [0.3, 0.4) is 0 Å². The molecule has 0 radical (unpaired) electrons. The largest absolute Gasteiger partial charge is 0.341 e. The number of hydrogen-bond acceptors (Lipinski definition) is 5. The van der Waals surface area contributed by atoms with Gasteiger partial charge in [0.2, 0.25) is 0 Å². The first-order valence-corrected chi connectivity index (χ1v) is 7.03. The highest BCUT2D eigenvalue weighted by Gasteiger charge is 2.25. The number of hydrazine groups is 1. The average molecular weight is 292 g/mol. The van der Waals surface area contributed by atoms with Gasteiger partial charge in [-0.1, -0.05) is 12.8 Å². The molecule has 0 heterocycles. The first-order valence-electron chi connectivity index (χ1n) is 7.03. The minimum absolute atomic E-state index is 0.0657. The Morgan fingerprint density at radius 1 is 1.48 bits per heavy atom. The fourth-order valence-corrected chi connectivity index (χ4v) is 2.83. The molecule has 1 aliphatic rings. The molecule has 1 fully saturated rings. The van der Waals surface area contributed by atoms with Crippen LogP contribution in [0.25, 0.3) is 0 Å². The second-order valence-electron chi connectivity index (χ2n) is 5.47. The summed E-state index contributed by atoms with van der Waals surface area (Å²) < 4.78 is 0. The molecule has 0 saturated heterocycles. The van der Waals surface area contributed by atoms with Crippen LogP contribution in [-0.4, -0.2) is 29.3 Å². The van der Waals surface area contributed by atoms with Crippen molar-refractivity contribution in [2.24, 2.45) is 11.8 Å². The normalized spacial score (nSPS) is 15.0. The molecular weight excluding hydrogens is 272 g/mol. The SMILES string of the molecule is CN(CC1CCCC1)C(=O)c1cc(NN)ccc1[N+](=O)[O-]. The number of anilines is 1. The van der Waals surface area contributed by atoms with Crippen molar-refractivity contribution >= 4 is 17.3 Å². The van der Waals surface area contributed by atoms with Crippen molar-refractivity contribution in [2.75, 3.05) is 19.0 Å². The van der Waals surface area contributed by atoms with Gasteiger partial charge in [0.25, 0.3) is 11.6 Å². The van der Waals surface area contributed by atoms with Crippen molar-refractivity contribution in [3.8, 4) is 0 Å². The van der Waals surface area contributed by atoms with E-state index in [-0.39, 0.29) is 17.2 Å². The molecule has 1 aromatic rings. The number of nitrogen functional groups attached to an aromatic ring is 1. The molecule has 0 aliphatic heterocycles. The molecule has 0 spiro atoms. The minimum atomic E-state index is -0.545. The van der Waals surface area contributed by atoms with Crippen LogP contribution in [0.15, 0.2) is 18.2 Å². The molecule has 21 heavy (non-hydrogen) atoms. The lowest BCUT2D eigenvalue weighted by atomic mass is 10.1. The molecule has 7 heteroatoms. The summed E-state index contributed by atoms with van der Waals surface area (Å²) in [5, 5.41) is 11.1. The van der Waals surface area contributed by atoms with Gasteiger partial charge >= 0.3 is 0 Å². The summed E-state index contributed by atoms with van der Waals surface area (Å²) in [6.45, 7) is 0.635. The molecule has 0 bridgehead atoms. The van der Waals surface area contributed by atoms with E-state index in [1.807, 2.05) is 0 Å². The van der Waals surface area contributed by atoms with Crippen molar-refractivity contribution in [2.45, 2.75) is 25.7 Å². The second kappa shape index (κ2) is 6.53. The summed E-state index contributed by atoms with van der Waals surface area (Å²) in [7, 11) is 1.69. The summed E-state index contributed by atoms with van der Waals surface area (Å²) in [5.74, 6) is 5.46. The van der Waals surface area contributed by atoms with Crippen molar-refractivity contribution in [1.82, 2.24) is 4.90 Å². The third-order valence-corrected chi connectivity index (χ3v) is 3.94. The lowest BCUT2D eigenvalue weighted by Gasteiger charge is -2.21. The van der Waals surface area contributed by atoms with E-state index >= 15 is 0 Å². The van der Waals surface area contributed by atoms with E-state index in [4.69, 9.17) is 5.84 Å². The van der Waals surface area contributed by atoms with Gasteiger partial charge < -0.3 is 10.3 Å². The van der Waals surface area contributed by atoms with Crippen molar-refractivity contribution in [3.63, 3.8) is 0 Å². The van der Waals surface area contributed by atoms with Crippen LogP contribution < -0.4 is 11.3 Å². The molecule has 1 saturated carbocycles. The number of nitrogens with two attached hydrogens (primary N) is 1. The molecule has 7 nitrogen and oxygen atoms in total. The Hall–Kier alpha value is -2.15. The van der Waals surface area contributed by atoms with Crippen LogP contribution in [0.1, 0.15) is 36.0 Å². The number of nitrogens with one attached hydrogen (secondary N) is 1. The average Bonchev–Trinajstić information content (AvgIpc) is 2.98. The first kappa shape index (κ1) is 15.2. The van der Waals surface area contributed by atoms with E-state index in [0.717, 1.165) is 12.8 Å². The van der Waals surface area contributed by atoms with Gasteiger partial charge in [-0.15, -0.1) is 0 Å². The van der Waals surface area contributed by atoms with Gasteiger partial charge in [-0.25, -0.2) is 0 Å². The molecule has 1 amide bonds. The quantitative estimate of drug-likeness (QED) is 0.492. The summed E-state index contributed by atoms with van der Waals surface area (Å²) >= 11 is 0. The third kappa shape index (κ3) is 3.49. The van der Waals surface area contributed by atoms with Gasteiger partial charge in [0.15, 0.2) is 0 Å². The fourth-order valence-electron chi connectivity index (χ4n) is 2.83. The minimum Gasteiger partial charge on any atom is -0.341 e. The van der Waals surface area contributed by atoms with E-state index in [1.165, 1.54) is 31.0 Å². The molecular formula is C14H20N4O3.